The third-order valence-corrected chi connectivity index (χ3v) is 3.79. The molecule has 1 unspecified atom stereocenters. The van der Waals surface area contributed by atoms with Gasteiger partial charge in [0.15, 0.2) is 0 Å². The number of hydrogen-bond acceptors (Lipinski definition) is 4. The van der Waals surface area contributed by atoms with E-state index in [1.54, 1.807) is 11.0 Å². The molecular formula is C17H30N2O4. The van der Waals surface area contributed by atoms with E-state index in [2.05, 4.69) is 11.9 Å². The number of likely N-dealkylation sites (tertiary alicyclic amines) is 1. The van der Waals surface area contributed by atoms with Crippen molar-refractivity contribution in [2.45, 2.75) is 58.2 Å². The lowest BCUT2D eigenvalue weighted by molar-refractivity contribution is -0.138. The van der Waals surface area contributed by atoms with Crippen molar-refractivity contribution in [1.29, 1.82) is 0 Å². The van der Waals surface area contributed by atoms with Crippen molar-refractivity contribution in [1.82, 2.24) is 10.2 Å². The monoisotopic (exact) mass is 326 g/mol. The minimum absolute atomic E-state index is 0.0101. The highest BCUT2D eigenvalue weighted by Gasteiger charge is 2.38. The number of carbonyl (C=O) groups is 2. The summed E-state index contributed by atoms with van der Waals surface area (Å²) in [5, 5.41) is 2.69. The number of amides is 2. The molecule has 6 nitrogen and oxygen atoms in total. The van der Waals surface area contributed by atoms with Gasteiger partial charge in [-0.3, -0.25) is 4.79 Å². The molecule has 6 heteroatoms. The molecule has 1 heterocycles. The molecule has 0 bridgehead atoms. The summed E-state index contributed by atoms with van der Waals surface area (Å²) in [6, 6.07) is 0. The Morgan fingerprint density at radius 1 is 1.39 bits per heavy atom. The van der Waals surface area contributed by atoms with Crippen molar-refractivity contribution < 1.29 is 19.1 Å². The Bertz CT molecular complexity index is 431. The van der Waals surface area contributed by atoms with E-state index in [1.807, 2.05) is 27.7 Å². The van der Waals surface area contributed by atoms with Crippen molar-refractivity contribution in [3.8, 4) is 0 Å². The van der Waals surface area contributed by atoms with E-state index in [0.29, 0.717) is 19.6 Å². The van der Waals surface area contributed by atoms with Crippen molar-refractivity contribution in [2.75, 3.05) is 26.2 Å². The Morgan fingerprint density at radius 3 is 2.65 bits per heavy atom. The molecule has 0 spiro atoms. The molecule has 1 fully saturated rings. The standard InChI is InChI=1S/C17H30N2O4/c1-6-10-18-14(20)12-22-17(7-2)9-8-11-19(13-17)15(21)23-16(3,4)5/h6H,1,7-13H2,2-5H3,(H,18,20). The van der Waals surface area contributed by atoms with Crippen molar-refractivity contribution in [3.05, 3.63) is 12.7 Å². The van der Waals surface area contributed by atoms with Gasteiger partial charge in [0.2, 0.25) is 5.91 Å². The fourth-order valence-electron chi connectivity index (χ4n) is 2.54. The molecule has 1 N–H and O–H groups in total. The van der Waals surface area contributed by atoms with Gasteiger partial charge in [-0.25, -0.2) is 4.79 Å². The number of ether oxygens (including phenoxy) is 2. The van der Waals surface area contributed by atoms with E-state index in [4.69, 9.17) is 9.47 Å². The van der Waals surface area contributed by atoms with Gasteiger partial charge >= 0.3 is 6.09 Å². The van der Waals surface area contributed by atoms with Gasteiger partial charge in [0.05, 0.1) is 12.1 Å². The van der Waals surface area contributed by atoms with Crippen LogP contribution in [0.15, 0.2) is 12.7 Å². The average molecular weight is 326 g/mol. The lowest BCUT2D eigenvalue weighted by Gasteiger charge is -2.42. The quantitative estimate of drug-likeness (QED) is 0.762. The molecular weight excluding hydrogens is 296 g/mol. The molecule has 0 aromatic rings. The molecule has 0 aromatic heterocycles. The van der Waals surface area contributed by atoms with E-state index in [9.17, 15) is 9.59 Å². The van der Waals surface area contributed by atoms with Gasteiger partial charge in [-0.2, -0.15) is 0 Å². The highest BCUT2D eigenvalue weighted by molar-refractivity contribution is 5.77. The van der Waals surface area contributed by atoms with Crippen LogP contribution >= 0.6 is 0 Å². The maximum Gasteiger partial charge on any atom is 0.410 e. The largest absolute Gasteiger partial charge is 0.444 e. The van der Waals surface area contributed by atoms with E-state index in [-0.39, 0.29) is 18.6 Å². The molecule has 1 atom stereocenters. The Morgan fingerprint density at radius 2 is 2.09 bits per heavy atom. The summed E-state index contributed by atoms with van der Waals surface area (Å²) >= 11 is 0. The molecule has 1 saturated heterocycles. The third kappa shape index (κ3) is 6.60. The first kappa shape index (κ1) is 19.5. The zero-order valence-corrected chi connectivity index (χ0v) is 14.8. The van der Waals surface area contributed by atoms with Gasteiger partial charge in [0.1, 0.15) is 12.2 Å². The summed E-state index contributed by atoms with van der Waals surface area (Å²) in [5.41, 5.74) is -1.00. The molecule has 23 heavy (non-hydrogen) atoms. The van der Waals surface area contributed by atoms with E-state index < -0.39 is 11.2 Å². The lowest BCUT2D eigenvalue weighted by atomic mass is 9.90. The van der Waals surface area contributed by atoms with E-state index in [0.717, 1.165) is 19.3 Å². The van der Waals surface area contributed by atoms with Crippen LogP contribution in [0.25, 0.3) is 0 Å². The second kappa shape index (κ2) is 8.34. The predicted molar refractivity (Wildman–Crippen MR) is 89.2 cm³/mol. The Labute approximate surface area is 139 Å². The fourth-order valence-corrected chi connectivity index (χ4v) is 2.54. The van der Waals surface area contributed by atoms with Gasteiger partial charge in [-0.15, -0.1) is 6.58 Å². The Hall–Kier alpha value is -1.56. The molecule has 0 saturated carbocycles. The maximum absolute atomic E-state index is 12.3. The van der Waals surface area contributed by atoms with E-state index in [1.165, 1.54) is 0 Å². The van der Waals surface area contributed by atoms with Crippen LogP contribution < -0.4 is 5.32 Å². The van der Waals surface area contributed by atoms with Crippen LogP contribution in [-0.4, -0.2) is 54.3 Å². The minimum atomic E-state index is -0.519. The first-order chi connectivity index (χ1) is 10.7. The first-order valence-electron chi connectivity index (χ1n) is 8.21. The second-order valence-electron chi connectivity index (χ2n) is 6.92. The summed E-state index contributed by atoms with van der Waals surface area (Å²) in [4.78, 5) is 25.7. The maximum atomic E-state index is 12.3. The van der Waals surface area contributed by atoms with E-state index >= 15 is 0 Å². The summed E-state index contributed by atoms with van der Waals surface area (Å²) in [6.07, 6.45) is 3.70. The number of hydrogen-bond donors (Lipinski definition) is 1. The molecule has 1 rings (SSSR count). The van der Waals surface area contributed by atoms with Gasteiger partial charge in [0, 0.05) is 13.1 Å². The number of piperidine rings is 1. The zero-order chi connectivity index (χ0) is 17.5. The average Bonchev–Trinajstić information content (AvgIpc) is 2.49. The summed E-state index contributed by atoms with van der Waals surface area (Å²) in [5.74, 6) is -0.174. The molecule has 1 aliphatic rings. The van der Waals surface area contributed by atoms with Crippen molar-refractivity contribution in [3.63, 3.8) is 0 Å². The molecule has 2 amide bonds. The smallest absolute Gasteiger partial charge is 0.410 e. The van der Waals surface area contributed by atoms with Crippen LogP contribution in [0.2, 0.25) is 0 Å². The summed E-state index contributed by atoms with van der Waals surface area (Å²) in [6.45, 7) is 12.6. The number of nitrogens with one attached hydrogen (secondary N) is 1. The molecule has 0 aromatic carbocycles. The number of nitrogens with zero attached hydrogens (tertiary/aromatic N) is 1. The van der Waals surface area contributed by atoms with Crippen LogP contribution in [0.4, 0.5) is 4.79 Å². The lowest BCUT2D eigenvalue weighted by Crippen LogP contribution is -2.53. The van der Waals surface area contributed by atoms with Crippen LogP contribution in [0.3, 0.4) is 0 Å². The molecule has 132 valence electrons. The highest BCUT2D eigenvalue weighted by Crippen LogP contribution is 2.29. The van der Waals surface area contributed by atoms with Crippen LogP contribution in [0, 0.1) is 0 Å². The SMILES string of the molecule is C=CCNC(=O)COC1(CC)CCCN(C(=O)OC(C)(C)C)C1. The first-order valence-corrected chi connectivity index (χ1v) is 8.21. The zero-order valence-electron chi connectivity index (χ0n) is 14.8. The van der Waals surface area contributed by atoms with Crippen LogP contribution in [0.5, 0.6) is 0 Å². The van der Waals surface area contributed by atoms with Crippen LogP contribution in [0.1, 0.15) is 47.0 Å². The highest BCUT2D eigenvalue weighted by atomic mass is 16.6. The third-order valence-electron chi connectivity index (χ3n) is 3.79. The summed E-state index contributed by atoms with van der Waals surface area (Å²) < 4.78 is 11.3. The van der Waals surface area contributed by atoms with Gasteiger partial charge < -0.3 is 19.7 Å². The molecule has 1 aliphatic heterocycles. The molecule has 0 aliphatic carbocycles. The normalized spacial score (nSPS) is 21.7. The van der Waals surface area contributed by atoms with Crippen molar-refractivity contribution >= 4 is 12.0 Å². The van der Waals surface area contributed by atoms with Gasteiger partial charge in [0.25, 0.3) is 0 Å². The second-order valence-corrected chi connectivity index (χ2v) is 6.92. The fraction of sp³-hybridized carbons (Fsp3) is 0.765. The number of rotatable bonds is 6. The predicted octanol–water partition coefficient (Wildman–Crippen LogP) is 2.48. The van der Waals surface area contributed by atoms with Gasteiger partial charge in [-0.1, -0.05) is 13.0 Å². The number of carbonyl (C=O) groups excluding carboxylic acids is 2. The minimum Gasteiger partial charge on any atom is -0.444 e. The summed E-state index contributed by atoms with van der Waals surface area (Å²) in [7, 11) is 0. The Kier molecular flexibility index (Phi) is 7.06. The topological polar surface area (TPSA) is 67.9 Å². The van der Waals surface area contributed by atoms with Gasteiger partial charge in [-0.05, 0) is 40.0 Å². The molecule has 0 radical (unpaired) electrons. The van der Waals surface area contributed by atoms with Crippen molar-refractivity contribution in [2.24, 2.45) is 0 Å². The Balaban J connectivity index is 2.62. The van der Waals surface area contributed by atoms with Crippen LogP contribution in [-0.2, 0) is 14.3 Å².